The highest BCUT2D eigenvalue weighted by Crippen LogP contribution is 2.36. The first kappa shape index (κ1) is 15.7. The molecule has 3 nitrogen and oxygen atoms in total. The van der Waals surface area contributed by atoms with Crippen molar-refractivity contribution in [3.05, 3.63) is 37.2 Å². The molecule has 0 amide bonds. The number of aliphatic carboxylic acids is 1. The number of benzene rings is 1. The van der Waals surface area contributed by atoms with Gasteiger partial charge in [0, 0.05) is 10.0 Å². The highest BCUT2D eigenvalue weighted by atomic mass is 79.9. The van der Waals surface area contributed by atoms with Crippen molar-refractivity contribution in [2.45, 2.75) is 13.3 Å². The molecule has 98 valence electrons. The van der Waals surface area contributed by atoms with Gasteiger partial charge in [-0.05, 0) is 56.5 Å². The first-order chi connectivity index (χ1) is 8.45. The molecular weight excluding hydrogens is 432 g/mol. The molecule has 1 rings (SSSR count). The molecule has 0 spiro atoms. The maximum absolute atomic E-state index is 10.8. The fourth-order valence-corrected chi connectivity index (χ4v) is 3.76. The number of carboxylic acids is 1. The first-order valence-corrected chi connectivity index (χ1v) is 7.53. The van der Waals surface area contributed by atoms with Crippen molar-refractivity contribution < 1.29 is 14.6 Å². The zero-order valence-corrected chi connectivity index (χ0v) is 14.3. The normalized spacial score (nSPS) is 11.4. The Bertz CT molecular complexity index is 460. The average Bonchev–Trinajstić information content (AvgIpc) is 2.26. The molecule has 18 heavy (non-hydrogen) atoms. The van der Waals surface area contributed by atoms with Crippen LogP contribution in [0.4, 0.5) is 0 Å². The predicted octanol–water partition coefficient (Wildman–Crippen LogP) is 4.77. The summed E-state index contributed by atoms with van der Waals surface area (Å²) in [5.74, 6) is -0.259. The van der Waals surface area contributed by atoms with Gasteiger partial charge < -0.3 is 9.84 Å². The van der Waals surface area contributed by atoms with Crippen molar-refractivity contribution in [3.63, 3.8) is 0 Å². The molecule has 0 atom stereocenters. The molecule has 0 radical (unpaired) electrons. The SMILES string of the molecule is CCC(=CCOc1c(Br)cc(Br)cc1Br)C(=O)O. The quantitative estimate of drug-likeness (QED) is 0.668. The van der Waals surface area contributed by atoms with E-state index in [0.717, 1.165) is 13.4 Å². The number of halogens is 3. The van der Waals surface area contributed by atoms with Crippen molar-refractivity contribution in [2.24, 2.45) is 0 Å². The highest BCUT2D eigenvalue weighted by Gasteiger charge is 2.08. The molecule has 1 aromatic carbocycles. The summed E-state index contributed by atoms with van der Waals surface area (Å²) in [4.78, 5) is 10.8. The molecule has 0 heterocycles. The van der Waals surface area contributed by atoms with Gasteiger partial charge in [-0.3, -0.25) is 0 Å². The van der Waals surface area contributed by atoms with Crippen LogP contribution in [-0.4, -0.2) is 17.7 Å². The van der Waals surface area contributed by atoms with E-state index in [1.165, 1.54) is 0 Å². The van der Waals surface area contributed by atoms with Crippen LogP contribution in [-0.2, 0) is 4.79 Å². The van der Waals surface area contributed by atoms with Crippen LogP contribution in [0.25, 0.3) is 0 Å². The van der Waals surface area contributed by atoms with E-state index in [-0.39, 0.29) is 6.61 Å². The summed E-state index contributed by atoms with van der Waals surface area (Å²) in [6.07, 6.45) is 2.05. The summed E-state index contributed by atoms with van der Waals surface area (Å²) in [6, 6.07) is 3.73. The van der Waals surface area contributed by atoms with Gasteiger partial charge in [0.05, 0.1) is 8.95 Å². The van der Waals surface area contributed by atoms with Crippen molar-refractivity contribution in [1.29, 1.82) is 0 Å². The Morgan fingerprint density at radius 1 is 1.33 bits per heavy atom. The molecule has 0 aromatic heterocycles. The van der Waals surface area contributed by atoms with Crippen LogP contribution in [0.5, 0.6) is 5.75 Å². The van der Waals surface area contributed by atoms with Crippen LogP contribution in [0.15, 0.2) is 37.2 Å². The molecule has 0 saturated carbocycles. The Morgan fingerprint density at radius 2 is 1.89 bits per heavy atom. The fraction of sp³-hybridized carbons (Fsp3) is 0.250. The Hall–Kier alpha value is -0.330. The Morgan fingerprint density at radius 3 is 2.33 bits per heavy atom. The van der Waals surface area contributed by atoms with Gasteiger partial charge in [-0.15, -0.1) is 0 Å². The first-order valence-electron chi connectivity index (χ1n) is 5.15. The molecule has 0 bridgehead atoms. The van der Waals surface area contributed by atoms with Crippen LogP contribution in [0.3, 0.4) is 0 Å². The zero-order chi connectivity index (χ0) is 13.7. The van der Waals surface area contributed by atoms with E-state index in [2.05, 4.69) is 47.8 Å². The van der Waals surface area contributed by atoms with Gasteiger partial charge in [-0.1, -0.05) is 22.9 Å². The maximum Gasteiger partial charge on any atom is 0.331 e. The minimum Gasteiger partial charge on any atom is -0.487 e. The van der Waals surface area contributed by atoms with E-state index in [1.54, 1.807) is 13.0 Å². The Balaban J connectivity index is 2.78. The second-order valence-electron chi connectivity index (χ2n) is 3.40. The molecule has 0 unspecified atom stereocenters. The molecule has 0 aliphatic rings. The summed E-state index contributed by atoms with van der Waals surface area (Å²) in [5.41, 5.74) is 0.347. The largest absolute Gasteiger partial charge is 0.487 e. The van der Waals surface area contributed by atoms with E-state index >= 15 is 0 Å². The second kappa shape index (κ2) is 7.31. The molecule has 1 aromatic rings. The van der Waals surface area contributed by atoms with Gasteiger partial charge in [0.15, 0.2) is 0 Å². The monoisotopic (exact) mass is 440 g/mol. The summed E-state index contributed by atoms with van der Waals surface area (Å²) < 4.78 is 8.06. The second-order valence-corrected chi connectivity index (χ2v) is 6.02. The average molecular weight is 443 g/mol. The summed E-state index contributed by atoms with van der Waals surface area (Å²) in [5, 5.41) is 8.87. The molecular formula is C12H11Br3O3. The lowest BCUT2D eigenvalue weighted by atomic mass is 10.2. The number of rotatable bonds is 5. The molecule has 1 N–H and O–H groups in total. The minimum atomic E-state index is -0.907. The highest BCUT2D eigenvalue weighted by molar-refractivity contribution is 9.11. The van der Waals surface area contributed by atoms with E-state index < -0.39 is 5.97 Å². The lowest BCUT2D eigenvalue weighted by molar-refractivity contribution is -0.132. The molecule has 0 saturated heterocycles. The third-order valence-corrected chi connectivity index (χ3v) is 3.81. The summed E-state index contributed by atoms with van der Waals surface area (Å²) in [7, 11) is 0. The van der Waals surface area contributed by atoms with Crippen molar-refractivity contribution >= 4 is 53.8 Å². The molecule has 0 aliphatic carbocycles. The summed E-state index contributed by atoms with van der Waals surface area (Å²) >= 11 is 10.1. The fourth-order valence-electron chi connectivity index (χ4n) is 1.28. The lowest BCUT2D eigenvalue weighted by Crippen LogP contribution is -2.03. The Labute approximate surface area is 131 Å². The van der Waals surface area contributed by atoms with Gasteiger partial charge in [0.2, 0.25) is 0 Å². The van der Waals surface area contributed by atoms with Crippen molar-refractivity contribution in [3.8, 4) is 5.75 Å². The van der Waals surface area contributed by atoms with E-state index in [9.17, 15) is 4.79 Å². The molecule has 6 heteroatoms. The smallest absolute Gasteiger partial charge is 0.331 e. The third kappa shape index (κ3) is 4.40. The number of ether oxygens (including phenoxy) is 1. The topological polar surface area (TPSA) is 46.5 Å². The van der Waals surface area contributed by atoms with E-state index in [0.29, 0.717) is 17.7 Å². The van der Waals surface area contributed by atoms with Crippen LogP contribution >= 0.6 is 47.8 Å². The predicted molar refractivity (Wildman–Crippen MR) is 81.0 cm³/mol. The van der Waals surface area contributed by atoms with Gasteiger partial charge >= 0.3 is 5.97 Å². The third-order valence-electron chi connectivity index (χ3n) is 2.18. The molecule has 0 fully saturated rings. The standard InChI is InChI=1S/C12H11Br3O3/c1-2-7(12(16)17)3-4-18-11-9(14)5-8(13)6-10(11)15/h3,5-6H,2,4H2,1H3,(H,16,17). The van der Waals surface area contributed by atoms with Gasteiger partial charge in [0.1, 0.15) is 12.4 Å². The number of carbonyl (C=O) groups is 1. The lowest BCUT2D eigenvalue weighted by Gasteiger charge is -2.09. The van der Waals surface area contributed by atoms with Gasteiger partial charge in [-0.2, -0.15) is 0 Å². The maximum atomic E-state index is 10.8. The van der Waals surface area contributed by atoms with Crippen molar-refractivity contribution in [2.75, 3.05) is 6.61 Å². The van der Waals surface area contributed by atoms with Crippen LogP contribution < -0.4 is 4.74 Å². The van der Waals surface area contributed by atoms with E-state index in [1.807, 2.05) is 12.1 Å². The van der Waals surface area contributed by atoms with E-state index in [4.69, 9.17) is 9.84 Å². The minimum absolute atomic E-state index is 0.217. The van der Waals surface area contributed by atoms with Gasteiger partial charge in [0.25, 0.3) is 0 Å². The Kier molecular flexibility index (Phi) is 6.38. The van der Waals surface area contributed by atoms with Crippen molar-refractivity contribution in [1.82, 2.24) is 0 Å². The summed E-state index contributed by atoms with van der Waals surface area (Å²) in [6.45, 7) is 2.01. The van der Waals surface area contributed by atoms with Crippen LogP contribution in [0.1, 0.15) is 13.3 Å². The van der Waals surface area contributed by atoms with Crippen LogP contribution in [0.2, 0.25) is 0 Å². The number of carboxylic acid groups (broad SMARTS) is 1. The number of hydrogen-bond acceptors (Lipinski definition) is 2. The zero-order valence-electron chi connectivity index (χ0n) is 9.54. The molecule has 0 aliphatic heterocycles. The van der Waals surface area contributed by atoms with Gasteiger partial charge in [-0.25, -0.2) is 4.79 Å². The number of hydrogen-bond donors (Lipinski definition) is 1. The van der Waals surface area contributed by atoms with Crippen LogP contribution in [0, 0.1) is 0 Å².